The van der Waals surface area contributed by atoms with Crippen LogP contribution in [0.1, 0.15) is 22.8 Å². The summed E-state index contributed by atoms with van der Waals surface area (Å²) >= 11 is 0. The summed E-state index contributed by atoms with van der Waals surface area (Å²) in [5, 5.41) is 8.60. The van der Waals surface area contributed by atoms with Crippen LogP contribution in [0.2, 0.25) is 0 Å². The zero-order valence-corrected chi connectivity index (χ0v) is 11.4. The SMILES string of the molecule is CCc1cccc(C(=O)O)c1.[Tl]. The third-order valence-electron chi connectivity index (χ3n) is 1.58. The van der Waals surface area contributed by atoms with Gasteiger partial charge in [0.1, 0.15) is 0 Å². The van der Waals surface area contributed by atoms with Gasteiger partial charge in [0, 0.05) is 27.3 Å². The van der Waals surface area contributed by atoms with Crippen molar-refractivity contribution >= 4 is 33.3 Å². The van der Waals surface area contributed by atoms with E-state index in [1.807, 2.05) is 13.0 Å². The van der Waals surface area contributed by atoms with Crippen molar-refractivity contribution in [2.45, 2.75) is 13.3 Å². The molecule has 1 radical (unpaired) electrons. The molecule has 12 heavy (non-hydrogen) atoms. The van der Waals surface area contributed by atoms with Crippen molar-refractivity contribution in [2.75, 3.05) is 0 Å². The molecule has 0 saturated carbocycles. The van der Waals surface area contributed by atoms with E-state index in [0.717, 1.165) is 12.0 Å². The van der Waals surface area contributed by atoms with Crippen LogP contribution in [0.5, 0.6) is 0 Å². The smallest absolute Gasteiger partial charge is 0.335 e. The van der Waals surface area contributed by atoms with Gasteiger partial charge in [-0.3, -0.25) is 0 Å². The number of carboxylic acid groups (broad SMARTS) is 1. The van der Waals surface area contributed by atoms with E-state index in [1.165, 1.54) is 0 Å². The number of carbonyl (C=O) groups is 1. The molecule has 1 rings (SSSR count). The molecule has 0 bridgehead atoms. The predicted molar refractivity (Wildman–Crippen MR) is 48.5 cm³/mol. The van der Waals surface area contributed by atoms with Gasteiger partial charge in [0.2, 0.25) is 0 Å². The quantitative estimate of drug-likeness (QED) is 0.819. The number of hydrogen-bond donors (Lipinski definition) is 1. The molecule has 3 heteroatoms. The Hall–Kier alpha value is -0.388. The van der Waals surface area contributed by atoms with Gasteiger partial charge in [-0.25, -0.2) is 4.79 Å². The normalized spacial score (nSPS) is 8.75. The molecule has 0 aliphatic carbocycles. The summed E-state index contributed by atoms with van der Waals surface area (Å²) < 4.78 is 0. The molecule has 61 valence electrons. The molecule has 0 amide bonds. The fourth-order valence-corrected chi connectivity index (χ4v) is 0.924. The van der Waals surface area contributed by atoms with Gasteiger partial charge in [0.05, 0.1) is 5.56 Å². The Bertz CT molecular complexity index is 271. The van der Waals surface area contributed by atoms with E-state index in [4.69, 9.17) is 5.11 Å². The second-order valence-electron chi connectivity index (χ2n) is 2.36. The maximum atomic E-state index is 10.5. The maximum absolute atomic E-state index is 10.5. The summed E-state index contributed by atoms with van der Waals surface area (Å²) in [6.45, 7) is 2.00. The van der Waals surface area contributed by atoms with Crippen molar-refractivity contribution in [3.05, 3.63) is 35.4 Å². The molecule has 0 aliphatic rings. The number of aryl methyl sites for hydroxylation is 1. The van der Waals surface area contributed by atoms with E-state index < -0.39 is 5.97 Å². The summed E-state index contributed by atoms with van der Waals surface area (Å²) in [4.78, 5) is 10.5. The van der Waals surface area contributed by atoms with Gasteiger partial charge >= 0.3 is 5.97 Å². The Morgan fingerprint density at radius 3 is 2.67 bits per heavy atom. The van der Waals surface area contributed by atoms with Gasteiger partial charge in [0.15, 0.2) is 0 Å². The third-order valence-corrected chi connectivity index (χ3v) is 1.58. The van der Waals surface area contributed by atoms with E-state index in [9.17, 15) is 4.79 Å². The van der Waals surface area contributed by atoms with Crippen molar-refractivity contribution in [1.82, 2.24) is 0 Å². The number of benzene rings is 1. The first-order chi connectivity index (χ1) is 5.24. The second-order valence-corrected chi connectivity index (χ2v) is 2.36. The van der Waals surface area contributed by atoms with Gasteiger partial charge in [0.25, 0.3) is 0 Å². The van der Waals surface area contributed by atoms with E-state index in [1.54, 1.807) is 18.2 Å². The van der Waals surface area contributed by atoms with Crippen molar-refractivity contribution in [3.8, 4) is 0 Å². The van der Waals surface area contributed by atoms with Gasteiger partial charge in [-0.2, -0.15) is 0 Å². The Labute approximate surface area is 91.8 Å². The van der Waals surface area contributed by atoms with Crippen molar-refractivity contribution in [2.24, 2.45) is 0 Å². The third kappa shape index (κ3) is 2.92. The zero-order chi connectivity index (χ0) is 8.27. The first-order valence-electron chi connectivity index (χ1n) is 3.56. The molecule has 0 fully saturated rings. The fourth-order valence-electron chi connectivity index (χ4n) is 0.924. The summed E-state index contributed by atoms with van der Waals surface area (Å²) in [5.41, 5.74) is 1.43. The summed E-state index contributed by atoms with van der Waals surface area (Å²) in [6.07, 6.45) is 0.876. The molecule has 0 unspecified atom stereocenters. The predicted octanol–water partition coefficient (Wildman–Crippen LogP) is 1.57. The number of hydrogen-bond acceptors (Lipinski definition) is 1. The minimum absolute atomic E-state index is 0. The van der Waals surface area contributed by atoms with Gasteiger partial charge in [-0.15, -0.1) is 0 Å². The summed E-state index contributed by atoms with van der Waals surface area (Å²) in [7, 11) is 0. The van der Waals surface area contributed by atoms with Crippen LogP contribution in [0.25, 0.3) is 0 Å². The molecule has 0 aliphatic heterocycles. The molecular formula is C9H10O2Tl. The van der Waals surface area contributed by atoms with Crippen LogP contribution in [0.4, 0.5) is 0 Å². The minimum atomic E-state index is -0.861. The Kier molecular flexibility index (Phi) is 5.12. The Balaban J connectivity index is 0.00000121. The monoisotopic (exact) mass is 355 g/mol. The minimum Gasteiger partial charge on any atom is -0.478 e. The molecule has 1 aromatic carbocycles. The Morgan fingerprint density at radius 1 is 1.50 bits per heavy atom. The molecule has 1 N–H and O–H groups in total. The summed E-state index contributed by atoms with van der Waals surface area (Å²) in [6, 6.07) is 6.98. The topological polar surface area (TPSA) is 37.3 Å². The van der Waals surface area contributed by atoms with E-state index in [2.05, 4.69) is 0 Å². The van der Waals surface area contributed by atoms with E-state index in [0.29, 0.717) is 5.56 Å². The van der Waals surface area contributed by atoms with Crippen LogP contribution in [-0.2, 0) is 6.42 Å². The van der Waals surface area contributed by atoms with Crippen LogP contribution < -0.4 is 0 Å². The largest absolute Gasteiger partial charge is 0.478 e. The van der Waals surface area contributed by atoms with Crippen LogP contribution in [-0.4, -0.2) is 38.4 Å². The maximum Gasteiger partial charge on any atom is 0.335 e. The second kappa shape index (κ2) is 5.29. The number of carboxylic acids is 1. The fraction of sp³-hybridized carbons (Fsp3) is 0.222. The van der Waals surface area contributed by atoms with Gasteiger partial charge in [-0.1, -0.05) is 19.1 Å². The molecular weight excluding hydrogens is 344 g/mol. The summed E-state index contributed by atoms with van der Waals surface area (Å²) in [5.74, 6) is -0.861. The van der Waals surface area contributed by atoms with E-state index in [-0.39, 0.29) is 27.3 Å². The average molecular weight is 355 g/mol. The first kappa shape index (κ1) is 11.6. The van der Waals surface area contributed by atoms with Gasteiger partial charge < -0.3 is 5.11 Å². The van der Waals surface area contributed by atoms with Crippen molar-refractivity contribution < 1.29 is 9.90 Å². The van der Waals surface area contributed by atoms with Crippen molar-refractivity contribution in [3.63, 3.8) is 0 Å². The molecule has 0 saturated heterocycles. The first-order valence-corrected chi connectivity index (χ1v) is 3.56. The van der Waals surface area contributed by atoms with Crippen LogP contribution in [0.15, 0.2) is 24.3 Å². The molecule has 1 aromatic rings. The zero-order valence-electron chi connectivity index (χ0n) is 6.95. The van der Waals surface area contributed by atoms with E-state index >= 15 is 0 Å². The molecule has 0 heterocycles. The molecule has 0 aromatic heterocycles. The molecule has 0 spiro atoms. The number of rotatable bonds is 2. The Morgan fingerprint density at radius 2 is 2.17 bits per heavy atom. The molecule has 2 nitrogen and oxygen atoms in total. The van der Waals surface area contributed by atoms with Crippen molar-refractivity contribution in [1.29, 1.82) is 0 Å². The van der Waals surface area contributed by atoms with Gasteiger partial charge in [-0.05, 0) is 24.1 Å². The number of aromatic carboxylic acids is 1. The molecule has 0 atom stereocenters. The standard InChI is InChI=1S/C9H10O2.Tl/c1-2-7-4-3-5-8(6-7)9(10)11;/h3-6H,2H2,1H3,(H,10,11);. The van der Waals surface area contributed by atoms with Crippen LogP contribution >= 0.6 is 0 Å². The van der Waals surface area contributed by atoms with Crippen LogP contribution in [0, 0.1) is 0 Å². The van der Waals surface area contributed by atoms with Crippen LogP contribution in [0.3, 0.4) is 0 Å². The average Bonchev–Trinajstić information content (AvgIpc) is 2.05.